The Kier molecular flexibility index (Phi) is 4.12. The van der Waals surface area contributed by atoms with E-state index < -0.39 is 5.97 Å². The third-order valence-electron chi connectivity index (χ3n) is 4.40. The van der Waals surface area contributed by atoms with Gasteiger partial charge >= 0.3 is 5.97 Å². The fourth-order valence-corrected chi connectivity index (χ4v) is 3.42. The smallest absolute Gasteiger partial charge is 0.335 e. The van der Waals surface area contributed by atoms with E-state index >= 15 is 0 Å². The molecule has 0 bridgehead atoms. The zero-order valence-corrected chi connectivity index (χ0v) is 14.7. The first-order chi connectivity index (χ1) is 10.1. The molecular weight excluding hydrogens is 274 g/mol. The van der Waals surface area contributed by atoms with Crippen LogP contribution in [0.15, 0.2) is 12.1 Å². The van der Waals surface area contributed by atoms with E-state index in [4.69, 9.17) is 0 Å². The number of rotatable bonds is 3. The van der Waals surface area contributed by atoms with Crippen molar-refractivity contribution >= 4 is 16.9 Å². The lowest BCUT2D eigenvalue weighted by atomic mass is 9.84. The van der Waals surface area contributed by atoms with Crippen molar-refractivity contribution in [1.29, 1.82) is 0 Å². The number of benzene rings is 1. The largest absolute Gasteiger partial charge is 0.478 e. The van der Waals surface area contributed by atoms with Crippen molar-refractivity contribution in [2.75, 3.05) is 0 Å². The Bertz CT molecular complexity index is 730. The Labute approximate surface area is 133 Å². The summed E-state index contributed by atoms with van der Waals surface area (Å²) in [6.45, 7) is 15.1. The van der Waals surface area contributed by atoms with Crippen LogP contribution in [-0.2, 0) is 11.8 Å². The molecule has 2 rings (SSSR count). The number of carboxylic acids is 1. The highest BCUT2D eigenvalue weighted by molar-refractivity contribution is 5.97. The van der Waals surface area contributed by atoms with Crippen molar-refractivity contribution in [3.05, 3.63) is 34.5 Å². The van der Waals surface area contributed by atoms with Crippen LogP contribution in [0, 0.1) is 6.92 Å². The highest BCUT2D eigenvalue weighted by atomic mass is 16.4. The van der Waals surface area contributed by atoms with Gasteiger partial charge in [0.15, 0.2) is 0 Å². The van der Waals surface area contributed by atoms with E-state index in [0.717, 1.165) is 17.4 Å². The molecule has 1 N–H and O–H groups in total. The summed E-state index contributed by atoms with van der Waals surface area (Å²) in [7, 11) is 0. The third-order valence-corrected chi connectivity index (χ3v) is 4.40. The molecule has 1 aromatic heterocycles. The van der Waals surface area contributed by atoms with Crippen molar-refractivity contribution in [3.63, 3.8) is 0 Å². The fourth-order valence-electron chi connectivity index (χ4n) is 3.42. The first-order valence-electron chi connectivity index (χ1n) is 8.00. The molecule has 0 aliphatic rings. The van der Waals surface area contributed by atoms with Gasteiger partial charge in [-0.3, -0.25) is 0 Å². The van der Waals surface area contributed by atoms with Gasteiger partial charge in [-0.1, -0.05) is 27.7 Å². The van der Waals surface area contributed by atoms with E-state index in [-0.39, 0.29) is 5.41 Å². The molecule has 0 saturated carbocycles. The lowest BCUT2D eigenvalue weighted by molar-refractivity contribution is 0.0697. The van der Waals surface area contributed by atoms with Gasteiger partial charge in [0, 0.05) is 17.1 Å². The van der Waals surface area contributed by atoms with Crippen LogP contribution in [0.3, 0.4) is 0 Å². The molecule has 2 aromatic rings. The Hall–Kier alpha value is -1.77. The summed E-state index contributed by atoms with van der Waals surface area (Å²) in [5.74, 6) is -0.857. The second-order valence-corrected chi connectivity index (χ2v) is 7.36. The van der Waals surface area contributed by atoms with E-state index in [9.17, 15) is 9.90 Å². The summed E-state index contributed by atoms with van der Waals surface area (Å²) >= 11 is 0. The number of fused-ring (bicyclic) bond motifs is 1. The van der Waals surface area contributed by atoms with Crippen LogP contribution >= 0.6 is 0 Å². The molecule has 0 aliphatic heterocycles. The minimum Gasteiger partial charge on any atom is -0.478 e. The van der Waals surface area contributed by atoms with E-state index in [0.29, 0.717) is 11.6 Å². The average Bonchev–Trinajstić information content (AvgIpc) is 2.67. The normalized spacial score (nSPS) is 12.4. The minimum absolute atomic E-state index is 0.105. The molecule has 0 amide bonds. The molecule has 0 atom stereocenters. The number of carboxylic acid groups (broad SMARTS) is 1. The maximum Gasteiger partial charge on any atom is 0.335 e. The molecular formula is C19H27NO2. The van der Waals surface area contributed by atoms with Gasteiger partial charge in [-0.25, -0.2) is 4.79 Å². The topological polar surface area (TPSA) is 42.2 Å². The number of hydrogen-bond acceptors (Lipinski definition) is 1. The van der Waals surface area contributed by atoms with Gasteiger partial charge in [-0.2, -0.15) is 0 Å². The molecule has 3 nitrogen and oxygen atoms in total. The van der Waals surface area contributed by atoms with Crippen LogP contribution in [0.2, 0.25) is 0 Å². The molecule has 0 radical (unpaired) electrons. The van der Waals surface area contributed by atoms with Crippen LogP contribution in [-0.4, -0.2) is 15.6 Å². The van der Waals surface area contributed by atoms with Gasteiger partial charge in [0.2, 0.25) is 0 Å². The average molecular weight is 301 g/mol. The van der Waals surface area contributed by atoms with Gasteiger partial charge in [0.05, 0.1) is 11.1 Å². The maximum atomic E-state index is 11.5. The predicted molar refractivity (Wildman–Crippen MR) is 92.1 cm³/mol. The molecule has 1 aromatic carbocycles. The fraction of sp³-hybridized carbons (Fsp3) is 0.526. The summed E-state index contributed by atoms with van der Waals surface area (Å²) in [4.78, 5) is 11.5. The summed E-state index contributed by atoms with van der Waals surface area (Å²) in [6, 6.07) is 4.04. The van der Waals surface area contributed by atoms with Crippen LogP contribution in [0.25, 0.3) is 10.9 Å². The molecule has 0 fully saturated rings. The SMILES string of the molecule is CCc1c(C)n(C(C)C)c2c(C(C)(C)C)cc(C(=O)O)cc12. The van der Waals surface area contributed by atoms with Gasteiger partial charge in [0.1, 0.15) is 0 Å². The molecule has 0 saturated heterocycles. The van der Waals surface area contributed by atoms with Crippen molar-refractivity contribution < 1.29 is 9.90 Å². The quantitative estimate of drug-likeness (QED) is 0.858. The summed E-state index contributed by atoms with van der Waals surface area (Å²) in [5.41, 5.74) is 5.10. The van der Waals surface area contributed by atoms with Gasteiger partial charge in [0.25, 0.3) is 0 Å². The van der Waals surface area contributed by atoms with Crippen LogP contribution in [0.4, 0.5) is 0 Å². The summed E-state index contributed by atoms with van der Waals surface area (Å²) in [5, 5.41) is 10.6. The summed E-state index contributed by atoms with van der Waals surface area (Å²) < 4.78 is 2.36. The number of hydrogen-bond donors (Lipinski definition) is 1. The summed E-state index contributed by atoms with van der Waals surface area (Å²) in [6.07, 6.45) is 0.911. The lowest BCUT2D eigenvalue weighted by Crippen LogP contribution is -2.16. The second-order valence-electron chi connectivity index (χ2n) is 7.36. The number of aromatic carboxylic acids is 1. The van der Waals surface area contributed by atoms with E-state index in [1.165, 1.54) is 16.8 Å². The van der Waals surface area contributed by atoms with E-state index in [2.05, 4.69) is 53.0 Å². The standard InChI is InChI=1S/C19H27NO2/c1-8-14-12(4)20(11(2)3)17-15(14)9-13(18(21)22)10-16(17)19(5,6)7/h9-11H,8H2,1-7H3,(H,21,22). The zero-order valence-electron chi connectivity index (χ0n) is 14.7. The van der Waals surface area contributed by atoms with Crippen molar-refractivity contribution in [3.8, 4) is 0 Å². The maximum absolute atomic E-state index is 11.5. The van der Waals surface area contributed by atoms with Crippen molar-refractivity contribution in [1.82, 2.24) is 4.57 Å². The van der Waals surface area contributed by atoms with Gasteiger partial charge < -0.3 is 9.67 Å². The molecule has 120 valence electrons. The monoisotopic (exact) mass is 301 g/mol. The predicted octanol–water partition coefficient (Wildman–Crippen LogP) is 5.09. The number of aryl methyl sites for hydroxylation is 1. The first-order valence-corrected chi connectivity index (χ1v) is 8.00. The Morgan fingerprint density at radius 1 is 1.27 bits per heavy atom. The Morgan fingerprint density at radius 2 is 1.86 bits per heavy atom. The van der Waals surface area contributed by atoms with Crippen LogP contribution in [0.1, 0.15) is 74.8 Å². The molecule has 1 heterocycles. The third kappa shape index (κ3) is 2.53. The van der Waals surface area contributed by atoms with Crippen LogP contribution in [0.5, 0.6) is 0 Å². The van der Waals surface area contributed by atoms with Crippen molar-refractivity contribution in [2.24, 2.45) is 0 Å². The lowest BCUT2D eigenvalue weighted by Gasteiger charge is -2.24. The number of aromatic nitrogens is 1. The highest BCUT2D eigenvalue weighted by Crippen LogP contribution is 2.37. The second kappa shape index (κ2) is 5.45. The van der Waals surface area contributed by atoms with Gasteiger partial charge in [-0.05, 0) is 55.9 Å². The van der Waals surface area contributed by atoms with E-state index in [1.807, 2.05) is 12.1 Å². The molecule has 0 unspecified atom stereocenters. The Morgan fingerprint density at radius 3 is 2.27 bits per heavy atom. The first kappa shape index (κ1) is 16.6. The highest BCUT2D eigenvalue weighted by Gasteiger charge is 2.25. The molecule has 22 heavy (non-hydrogen) atoms. The van der Waals surface area contributed by atoms with Gasteiger partial charge in [-0.15, -0.1) is 0 Å². The number of nitrogens with zero attached hydrogens (tertiary/aromatic N) is 1. The van der Waals surface area contributed by atoms with E-state index in [1.54, 1.807) is 0 Å². The van der Waals surface area contributed by atoms with Crippen molar-refractivity contribution in [2.45, 2.75) is 66.3 Å². The molecule has 0 aliphatic carbocycles. The zero-order chi connectivity index (χ0) is 16.8. The number of carbonyl (C=O) groups is 1. The minimum atomic E-state index is -0.857. The van der Waals surface area contributed by atoms with Crippen LogP contribution < -0.4 is 0 Å². The molecule has 0 spiro atoms. The Balaban J connectivity index is 3.05. The molecule has 3 heteroatoms.